The Balaban J connectivity index is 2.20. The predicted octanol–water partition coefficient (Wildman–Crippen LogP) is -0.0114. The quantitative estimate of drug-likeness (QED) is 0.766. The van der Waals surface area contributed by atoms with E-state index in [0.29, 0.717) is 24.1 Å². The lowest BCUT2D eigenvalue weighted by molar-refractivity contribution is 0.383. The Hall–Kier alpha value is -2.89. The SMILES string of the molecule is Cc1nc([C@H]2CCCN2c2c(C#N)c(=O)n(C)c(=O)n2C)no1. The molecule has 0 amide bonds. The molecular formula is C14H16N6O3. The number of hydrogen-bond donors (Lipinski definition) is 0. The van der Waals surface area contributed by atoms with Crippen LogP contribution in [0, 0.1) is 18.3 Å². The summed E-state index contributed by atoms with van der Waals surface area (Å²) in [6, 6.07) is 1.70. The number of aromatic nitrogens is 4. The fraction of sp³-hybridized carbons (Fsp3) is 0.500. The van der Waals surface area contributed by atoms with Crippen molar-refractivity contribution in [3.05, 3.63) is 38.1 Å². The molecule has 23 heavy (non-hydrogen) atoms. The van der Waals surface area contributed by atoms with E-state index in [1.54, 1.807) is 14.0 Å². The minimum atomic E-state index is -0.597. The van der Waals surface area contributed by atoms with Crippen molar-refractivity contribution in [1.29, 1.82) is 5.26 Å². The Morgan fingerprint density at radius 2 is 2.04 bits per heavy atom. The number of nitriles is 1. The van der Waals surface area contributed by atoms with Crippen molar-refractivity contribution in [2.24, 2.45) is 14.1 Å². The van der Waals surface area contributed by atoms with E-state index in [4.69, 9.17) is 4.52 Å². The molecule has 0 saturated carbocycles. The Morgan fingerprint density at radius 1 is 1.30 bits per heavy atom. The lowest BCUT2D eigenvalue weighted by atomic mass is 10.2. The summed E-state index contributed by atoms with van der Waals surface area (Å²) < 4.78 is 7.29. The molecule has 1 aliphatic rings. The van der Waals surface area contributed by atoms with Crippen molar-refractivity contribution in [3.63, 3.8) is 0 Å². The second-order valence-corrected chi connectivity index (χ2v) is 5.54. The molecule has 0 spiro atoms. The van der Waals surface area contributed by atoms with Crippen molar-refractivity contribution in [2.45, 2.75) is 25.8 Å². The molecule has 120 valence electrons. The van der Waals surface area contributed by atoms with Crippen LogP contribution < -0.4 is 16.1 Å². The number of nitrogens with zero attached hydrogens (tertiary/aromatic N) is 6. The summed E-state index contributed by atoms with van der Waals surface area (Å²) in [5.74, 6) is 1.26. The van der Waals surface area contributed by atoms with Crippen molar-refractivity contribution in [2.75, 3.05) is 11.4 Å². The molecule has 9 nitrogen and oxygen atoms in total. The van der Waals surface area contributed by atoms with Gasteiger partial charge in [-0.05, 0) is 12.8 Å². The van der Waals surface area contributed by atoms with Crippen LogP contribution in [0.1, 0.15) is 36.2 Å². The number of anilines is 1. The molecule has 1 atom stereocenters. The van der Waals surface area contributed by atoms with E-state index in [1.807, 2.05) is 11.0 Å². The first kappa shape index (κ1) is 15.0. The highest BCUT2D eigenvalue weighted by atomic mass is 16.5. The second kappa shape index (κ2) is 5.39. The number of rotatable bonds is 2. The van der Waals surface area contributed by atoms with Gasteiger partial charge in [0.2, 0.25) is 5.89 Å². The summed E-state index contributed by atoms with van der Waals surface area (Å²) in [5.41, 5.74) is -1.12. The third-order valence-electron chi connectivity index (χ3n) is 4.11. The van der Waals surface area contributed by atoms with Crippen LogP contribution in [-0.4, -0.2) is 25.8 Å². The minimum Gasteiger partial charge on any atom is -0.346 e. The zero-order valence-corrected chi connectivity index (χ0v) is 13.1. The van der Waals surface area contributed by atoms with Gasteiger partial charge >= 0.3 is 5.69 Å². The van der Waals surface area contributed by atoms with Crippen molar-refractivity contribution in [3.8, 4) is 6.07 Å². The average Bonchev–Trinajstić information content (AvgIpc) is 3.17. The van der Waals surface area contributed by atoms with Gasteiger partial charge in [0.15, 0.2) is 11.4 Å². The van der Waals surface area contributed by atoms with E-state index in [0.717, 1.165) is 17.4 Å². The zero-order chi connectivity index (χ0) is 16.7. The van der Waals surface area contributed by atoms with E-state index in [1.165, 1.54) is 11.6 Å². The maximum atomic E-state index is 12.2. The van der Waals surface area contributed by atoms with Crippen LogP contribution in [0.2, 0.25) is 0 Å². The monoisotopic (exact) mass is 316 g/mol. The van der Waals surface area contributed by atoms with Crippen LogP contribution in [-0.2, 0) is 14.1 Å². The molecule has 0 unspecified atom stereocenters. The van der Waals surface area contributed by atoms with Crippen LogP contribution in [0.3, 0.4) is 0 Å². The first-order chi connectivity index (χ1) is 11.0. The molecule has 1 saturated heterocycles. The summed E-state index contributed by atoms with van der Waals surface area (Å²) in [5, 5.41) is 13.3. The van der Waals surface area contributed by atoms with Crippen molar-refractivity contribution in [1.82, 2.24) is 19.3 Å². The van der Waals surface area contributed by atoms with Crippen LogP contribution in [0.15, 0.2) is 14.1 Å². The molecule has 3 heterocycles. The summed E-state index contributed by atoms with van der Waals surface area (Å²) in [6.07, 6.45) is 1.60. The molecule has 9 heteroatoms. The molecule has 3 rings (SSSR count). The van der Waals surface area contributed by atoms with Gasteiger partial charge in [0, 0.05) is 27.6 Å². The molecule has 2 aromatic heterocycles. The highest BCUT2D eigenvalue weighted by Crippen LogP contribution is 2.34. The van der Waals surface area contributed by atoms with E-state index in [9.17, 15) is 14.9 Å². The van der Waals surface area contributed by atoms with Gasteiger partial charge in [-0.25, -0.2) is 4.79 Å². The van der Waals surface area contributed by atoms with Gasteiger partial charge in [0.25, 0.3) is 5.56 Å². The Labute approximate surface area is 131 Å². The maximum absolute atomic E-state index is 12.2. The fourth-order valence-electron chi connectivity index (χ4n) is 3.01. The van der Waals surface area contributed by atoms with Crippen LogP contribution >= 0.6 is 0 Å². The van der Waals surface area contributed by atoms with Gasteiger partial charge < -0.3 is 9.42 Å². The second-order valence-electron chi connectivity index (χ2n) is 5.54. The molecule has 0 aromatic carbocycles. The predicted molar refractivity (Wildman–Crippen MR) is 80.0 cm³/mol. The lowest BCUT2D eigenvalue weighted by Gasteiger charge is -2.27. The first-order valence-corrected chi connectivity index (χ1v) is 7.22. The smallest absolute Gasteiger partial charge is 0.332 e. The van der Waals surface area contributed by atoms with Gasteiger partial charge in [0.05, 0.1) is 6.04 Å². The summed E-state index contributed by atoms with van der Waals surface area (Å²) in [4.78, 5) is 30.6. The highest BCUT2D eigenvalue weighted by Gasteiger charge is 2.34. The lowest BCUT2D eigenvalue weighted by Crippen LogP contribution is -2.42. The molecular weight excluding hydrogens is 300 g/mol. The van der Waals surface area contributed by atoms with Gasteiger partial charge in [0.1, 0.15) is 11.9 Å². The Kier molecular flexibility index (Phi) is 3.52. The van der Waals surface area contributed by atoms with E-state index in [2.05, 4.69) is 10.1 Å². The third-order valence-corrected chi connectivity index (χ3v) is 4.11. The fourth-order valence-corrected chi connectivity index (χ4v) is 3.01. The molecule has 0 bridgehead atoms. The summed E-state index contributed by atoms with van der Waals surface area (Å²) in [6.45, 7) is 2.30. The largest absolute Gasteiger partial charge is 0.346 e. The molecule has 1 aliphatic heterocycles. The Morgan fingerprint density at radius 3 is 2.65 bits per heavy atom. The first-order valence-electron chi connectivity index (χ1n) is 7.22. The van der Waals surface area contributed by atoms with Gasteiger partial charge in [-0.1, -0.05) is 5.16 Å². The normalized spacial score (nSPS) is 17.5. The van der Waals surface area contributed by atoms with Crippen LogP contribution in [0.25, 0.3) is 0 Å². The molecule has 0 N–H and O–H groups in total. The zero-order valence-electron chi connectivity index (χ0n) is 13.1. The molecule has 1 fully saturated rings. The van der Waals surface area contributed by atoms with Crippen molar-refractivity contribution < 1.29 is 4.52 Å². The van der Waals surface area contributed by atoms with Crippen molar-refractivity contribution >= 4 is 5.82 Å². The minimum absolute atomic E-state index is 0.0540. The topological polar surface area (TPSA) is 110 Å². The van der Waals surface area contributed by atoms with Crippen LogP contribution in [0.4, 0.5) is 5.82 Å². The van der Waals surface area contributed by atoms with Crippen LogP contribution in [0.5, 0.6) is 0 Å². The average molecular weight is 316 g/mol. The standard InChI is InChI=1S/C14H16N6O3/c1-8-16-11(17-23-8)10-5-4-6-20(10)12-9(7-15)13(21)19(3)14(22)18(12)2/h10H,4-6H2,1-3H3/t10-/m1/s1. The summed E-state index contributed by atoms with van der Waals surface area (Å²) in [7, 11) is 2.91. The van der Waals surface area contributed by atoms with Gasteiger partial charge in [-0.3, -0.25) is 13.9 Å². The third kappa shape index (κ3) is 2.23. The van der Waals surface area contributed by atoms with E-state index < -0.39 is 11.2 Å². The highest BCUT2D eigenvalue weighted by molar-refractivity contribution is 5.55. The van der Waals surface area contributed by atoms with E-state index >= 15 is 0 Å². The van der Waals surface area contributed by atoms with E-state index in [-0.39, 0.29) is 11.6 Å². The maximum Gasteiger partial charge on any atom is 0.332 e. The molecule has 0 aliphatic carbocycles. The van der Waals surface area contributed by atoms with Gasteiger partial charge in [-0.15, -0.1) is 0 Å². The molecule has 0 radical (unpaired) electrons. The van der Waals surface area contributed by atoms with Gasteiger partial charge in [-0.2, -0.15) is 10.2 Å². The summed E-state index contributed by atoms with van der Waals surface area (Å²) >= 11 is 0. The number of hydrogen-bond acceptors (Lipinski definition) is 7. The number of aryl methyl sites for hydroxylation is 1. The molecule has 2 aromatic rings. The Bertz CT molecular complexity index is 916.